The zero-order valence-electron chi connectivity index (χ0n) is 8.51. The van der Waals surface area contributed by atoms with Crippen molar-refractivity contribution in [3.8, 4) is 0 Å². The van der Waals surface area contributed by atoms with E-state index in [0.717, 1.165) is 6.07 Å². The van der Waals surface area contributed by atoms with E-state index >= 15 is 0 Å². The van der Waals surface area contributed by atoms with E-state index in [0.29, 0.717) is 0 Å². The van der Waals surface area contributed by atoms with Crippen LogP contribution in [0.15, 0.2) is 10.6 Å². The molecule has 1 rings (SSSR count). The molecule has 1 aromatic rings. The Balaban J connectivity index is 2.79. The minimum absolute atomic E-state index is 0.211. The highest BCUT2D eigenvalue weighted by molar-refractivity contribution is 5.87. The third-order valence-corrected chi connectivity index (χ3v) is 1.29. The summed E-state index contributed by atoms with van der Waals surface area (Å²) in [6, 6.07) is 0.925. The number of nitrogens with zero attached hydrogens (tertiary/aromatic N) is 2. The molecule has 0 atom stereocenters. The average molecular weight is 214 g/mol. The highest BCUT2D eigenvalue weighted by Crippen LogP contribution is 2.16. The van der Waals surface area contributed by atoms with Crippen molar-refractivity contribution < 1.29 is 19.0 Å². The van der Waals surface area contributed by atoms with Crippen LogP contribution in [0.2, 0.25) is 0 Å². The average Bonchev–Trinajstić information content (AvgIpc) is 2.47. The summed E-state index contributed by atoms with van der Waals surface area (Å²) in [5.41, 5.74) is -0.887. The Morgan fingerprint density at radius 2 is 2.20 bits per heavy atom. The molecule has 0 radical (unpaired) electrons. The Labute approximate surface area is 85.1 Å². The van der Waals surface area contributed by atoms with Gasteiger partial charge in [-0.2, -0.15) is 0 Å². The van der Waals surface area contributed by atoms with Crippen LogP contribution < -0.4 is 0 Å². The normalized spacial score (nSPS) is 11.1. The van der Waals surface area contributed by atoms with Crippen LogP contribution in [0.1, 0.15) is 31.3 Å². The summed E-state index contributed by atoms with van der Waals surface area (Å²) in [6.07, 6.45) is 0. The topological polar surface area (TPSA) is 95.5 Å². The fourth-order valence-electron chi connectivity index (χ4n) is 0.778. The first kappa shape index (κ1) is 11.2. The van der Waals surface area contributed by atoms with Gasteiger partial charge in [-0.25, -0.2) is 4.79 Å². The Kier molecular flexibility index (Phi) is 2.74. The molecule has 7 nitrogen and oxygen atoms in total. The van der Waals surface area contributed by atoms with Gasteiger partial charge in [-0.3, -0.25) is 14.6 Å². The summed E-state index contributed by atoms with van der Waals surface area (Å²) in [4.78, 5) is 20.8. The van der Waals surface area contributed by atoms with E-state index in [1.54, 1.807) is 20.8 Å². The number of hydrogen-bond acceptors (Lipinski definition) is 6. The molecule has 1 aromatic heterocycles. The van der Waals surface area contributed by atoms with Gasteiger partial charge in [0.05, 0.1) is 6.07 Å². The first-order valence-electron chi connectivity index (χ1n) is 4.14. The molecule has 15 heavy (non-hydrogen) atoms. The summed E-state index contributed by atoms with van der Waals surface area (Å²) < 4.78 is 9.24. The van der Waals surface area contributed by atoms with Crippen molar-refractivity contribution in [1.29, 1.82) is 0 Å². The number of ether oxygens (including phenoxy) is 1. The molecule has 0 unspecified atom stereocenters. The van der Waals surface area contributed by atoms with Gasteiger partial charge >= 0.3 is 11.9 Å². The van der Waals surface area contributed by atoms with Crippen LogP contribution >= 0.6 is 0 Å². The number of esters is 1. The molecule has 7 heteroatoms. The fraction of sp³-hybridized carbons (Fsp3) is 0.500. The minimum Gasteiger partial charge on any atom is -0.455 e. The SMILES string of the molecule is CC(C)(C)OC(=O)c1cc([N+](=O)[O-])on1. The van der Waals surface area contributed by atoms with Crippen molar-refractivity contribution in [2.24, 2.45) is 0 Å². The maximum absolute atomic E-state index is 11.3. The Hall–Kier alpha value is -1.92. The van der Waals surface area contributed by atoms with Crippen LogP contribution in [0.3, 0.4) is 0 Å². The van der Waals surface area contributed by atoms with Gasteiger partial charge in [0.25, 0.3) is 0 Å². The van der Waals surface area contributed by atoms with Crippen molar-refractivity contribution in [2.45, 2.75) is 26.4 Å². The summed E-state index contributed by atoms with van der Waals surface area (Å²) in [6.45, 7) is 5.04. The second-order valence-electron chi connectivity index (χ2n) is 3.81. The molecule has 0 aliphatic heterocycles. The zero-order chi connectivity index (χ0) is 11.6. The molecule has 0 saturated carbocycles. The van der Waals surface area contributed by atoms with E-state index in [4.69, 9.17) is 4.74 Å². The van der Waals surface area contributed by atoms with E-state index in [-0.39, 0.29) is 5.69 Å². The van der Waals surface area contributed by atoms with Crippen molar-refractivity contribution in [1.82, 2.24) is 5.16 Å². The lowest BCUT2D eigenvalue weighted by Gasteiger charge is -2.17. The molecule has 0 N–H and O–H groups in total. The highest BCUT2D eigenvalue weighted by Gasteiger charge is 2.24. The molecule has 0 saturated heterocycles. The number of hydrogen-bond donors (Lipinski definition) is 0. The smallest absolute Gasteiger partial charge is 0.455 e. The standard InChI is InChI=1S/C8H10N2O5/c1-8(2,3)14-7(11)5-4-6(10(12)13)15-9-5/h4H,1-3H3. The number of aromatic nitrogens is 1. The van der Waals surface area contributed by atoms with Crippen LogP contribution in [0.5, 0.6) is 0 Å². The van der Waals surface area contributed by atoms with Crippen molar-refractivity contribution in [3.63, 3.8) is 0 Å². The third kappa shape index (κ3) is 3.04. The lowest BCUT2D eigenvalue weighted by molar-refractivity contribution is -0.404. The Bertz CT molecular complexity index is 390. The van der Waals surface area contributed by atoms with Gasteiger partial charge in [0.2, 0.25) is 0 Å². The van der Waals surface area contributed by atoms with Gasteiger partial charge < -0.3 is 4.74 Å². The van der Waals surface area contributed by atoms with E-state index < -0.39 is 22.4 Å². The summed E-state index contributed by atoms with van der Waals surface area (Å²) in [5, 5.41) is 13.5. The predicted octanol–water partition coefficient (Wildman–Crippen LogP) is 1.54. The molecule has 0 bridgehead atoms. The predicted molar refractivity (Wildman–Crippen MR) is 48.3 cm³/mol. The van der Waals surface area contributed by atoms with Gasteiger partial charge in [0.15, 0.2) is 5.69 Å². The van der Waals surface area contributed by atoms with Crippen molar-refractivity contribution in [2.75, 3.05) is 0 Å². The number of carbonyl (C=O) groups is 1. The number of nitro groups is 1. The van der Waals surface area contributed by atoms with E-state index in [9.17, 15) is 14.9 Å². The molecule has 0 amide bonds. The minimum atomic E-state index is -0.777. The van der Waals surface area contributed by atoms with Gasteiger partial charge in [-0.15, -0.1) is 0 Å². The maximum atomic E-state index is 11.3. The van der Waals surface area contributed by atoms with Crippen molar-refractivity contribution in [3.05, 3.63) is 21.9 Å². The molecular weight excluding hydrogens is 204 g/mol. The Morgan fingerprint density at radius 3 is 2.60 bits per heavy atom. The summed E-state index contributed by atoms with van der Waals surface area (Å²) >= 11 is 0. The zero-order valence-corrected chi connectivity index (χ0v) is 8.51. The quantitative estimate of drug-likeness (QED) is 0.421. The highest BCUT2D eigenvalue weighted by atomic mass is 16.7. The second kappa shape index (κ2) is 3.68. The van der Waals surface area contributed by atoms with Crippen LogP contribution in [0, 0.1) is 10.1 Å². The van der Waals surface area contributed by atoms with Gasteiger partial charge in [0.1, 0.15) is 10.5 Å². The van der Waals surface area contributed by atoms with Crippen LogP contribution in [-0.4, -0.2) is 21.7 Å². The van der Waals surface area contributed by atoms with Gasteiger partial charge in [-0.1, -0.05) is 5.16 Å². The fourth-order valence-corrected chi connectivity index (χ4v) is 0.778. The van der Waals surface area contributed by atoms with E-state index in [1.165, 1.54) is 0 Å². The molecule has 0 fully saturated rings. The summed E-state index contributed by atoms with van der Waals surface area (Å²) in [7, 11) is 0. The molecule has 1 heterocycles. The molecule has 0 aliphatic carbocycles. The van der Waals surface area contributed by atoms with Crippen LogP contribution in [-0.2, 0) is 4.74 Å². The Morgan fingerprint density at radius 1 is 1.60 bits per heavy atom. The van der Waals surface area contributed by atoms with E-state index in [1.807, 2.05) is 0 Å². The number of rotatable bonds is 2. The second-order valence-corrected chi connectivity index (χ2v) is 3.81. The van der Waals surface area contributed by atoms with Crippen molar-refractivity contribution >= 4 is 11.9 Å². The first-order chi connectivity index (χ1) is 6.79. The summed E-state index contributed by atoms with van der Waals surface area (Å²) in [5.74, 6) is -1.34. The van der Waals surface area contributed by atoms with E-state index in [2.05, 4.69) is 9.68 Å². The van der Waals surface area contributed by atoms with Gasteiger partial charge in [-0.05, 0) is 20.8 Å². The van der Waals surface area contributed by atoms with Crippen LogP contribution in [0.25, 0.3) is 0 Å². The third-order valence-electron chi connectivity index (χ3n) is 1.29. The molecule has 82 valence electrons. The molecule has 0 aliphatic rings. The molecule has 0 aromatic carbocycles. The molecular formula is C8H10N2O5. The largest absolute Gasteiger partial charge is 0.456 e. The maximum Gasteiger partial charge on any atom is 0.456 e. The number of carbonyl (C=O) groups excluding carboxylic acids is 1. The molecule has 0 spiro atoms. The first-order valence-corrected chi connectivity index (χ1v) is 4.14. The lowest BCUT2D eigenvalue weighted by Crippen LogP contribution is -2.24. The van der Waals surface area contributed by atoms with Gasteiger partial charge in [0, 0.05) is 0 Å². The van der Waals surface area contributed by atoms with Crippen LogP contribution in [0.4, 0.5) is 5.88 Å². The lowest BCUT2D eigenvalue weighted by atomic mass is 10.2. The monoisotopic (exact) mass is 214 g/mol.